The third kappa shape index (κ3) is 4.44. The SMILES string of the molecule is O=C(NC[C@@H](O)c1ccccc1F)Nc1cccc(Cl)c1. The standard InChI is InChI=1S/C15H14ClFN2O2/c16-10-4-3-5-11(8-10)19-15(21)18-9-14(20)12-6-1-2-7-13(12)17/h1-8,14,20H,9H2,(H2,18,19,21)/t14-/m1/s1. The lowest BCUT2D eigenvalue weighted by molar-refractivity contribution is 0.170. The fourth-order valence-electron chi connectivity index (χ4n) is 1.79. The molecule has 3 N–H and O–H groups in total. The van der Waals surface area contributed by atoms with Crippen molar-refractivity contribution < 1.29 is 14.3 Å². The van der Waals surface area contributed by atoms with Crippen molar-refractivity contribution in [1.82, 2.24) is 5.32 Å². The van der Waals surface area contributed by atoms with Crippen LogP contribution in [0.2, 0.25) is 5.02 Å². The van der Waals surface area contributed by atoms with Crippen LogP contribution in [0.5, 0.6) is 0 Å². The van der Waals surface area contributed by atoms with Crippen LogP contribution >= 0.6 is 11.6 Å². The monoisotopic (exact) mass is 308 g/mol. The highest BCUT2D eigenvalue weighted by Gasteiger charge is 2.13. The number of rotatable bonds is 4. The second-order valence-electron chi connectivity index (χ2n) is 4.38. The van der Waals surface area contributed by atoms with Gasteiger partial charge in [-0.2, -0.15) is 0 Å². The van der Waals surface area contributed by atoms with Crippen LogP contribution in [0, 0.1) is 5.82 Å². The Bertz CT molecular complexity index is 637. The number of aliphatic hydroxyl groups excluding tert-OH is 1. The van der Waals surface area contributed by atoms with Crippen LogP contribution in [0.1, 0.15) is 11.7 Å². The largest absolute Gasteiger partial charge is 0.386 e. The van der Waals surface area contributed by atoms with Gasteiger partial charge in [-0.25, -0.2) is 9.18 Å². The summed E-state index contributed by atoms with van der Waals surface area (Å²) in [5, 5.41) is 15.4. The molecule has 0 aromatic heterocycles. The van der Waals surface area contributed by atoms with E-state index in [1.807, 2.05) is 0 Å². The van der Waals surface area contributed by atoms with E-state index in [0.29, 0.717) is 10.7 Å². The molecule has 0 spiro atoms. The van der Waals surface area contributed by atoms with E-state index in [0.717, 1.165) is 0 Å². The molecule has 0 saturated carbocycles. The van der Waals surface area contributed by atoms with Gasteiger partial charge in [-0.05, 0) is 24.3 Å². The van der Waals surface area contributed by atoms with Crippen molar-refractivity contribution in [2.75, 3.05) is 11.9 Å². The number of nitrogens with one attached hydrogen (secondary N) is 2. The van der Waals surface area contributed by atoms with Crippen LogP contribution in [0.25, 0.3) is 0 Å². The van der Waals surface area contributed by atoms with Crippen molar-refractivity contribution in [2.24, 2.45) is 0 Å². The van der Waals surface area contributed by atoms with Gasteiger partial charge in [0.25, 0.3) is 0 Å². The van der Waals surface area contributed by atoms with Gasteiger partial charge in [0.2, 0.25) is 0 Å². The molecule has 0 saturated heterocycles. The van der Waals surface area contributed by atoms with Crippen molar-refractivity contribution in [3.05, 3.63) is 64.9 Å². The van der Waals surface area contributed by atoms with Gasteiger partial charge in [0.15, 0.2) is 0 Å². The Hall–Kier alpha value is -2.11. The lowest BCUT2D eigenvalue weighted by atomic mass is 10.1. The lowest BCUT2D eigenvalue weighted by Crippen LogP contribution is -2.32. The van der Waals surface area contributed by atoms with Crippen LogP contribution < -0.4 is 10.6 Å². The zero-order chi connectivity index (χ0) is 15.2. The number of carbonyl (C=O) groups is 1. The van der Waals surface area contributed by atoms with Gasteiger partial charge in [0, 0.05) is 22.8 Å². The van der Waals surface area contributed by atoms with E-state index in [1.54, 1.807) is 30.3 Å². The van der Waals surface area contributed by atoms with Crippen molar-refractivity contribution in [2.45, 2.75) is 6.10 Å². The second kappa shape index (κ2) is 7.06. The molecule has 0 radical (unpaired) electrons. The lowest BCUT2D eigenvalue weighted by Gasteiger charge is -2.13. The topological polar surface area (TPSA) is 61.4 Å². The average Bonchev–Trinajstić information content (AvgIpc) is 2.45. The van der Waals surface area contributed by atoms with E-state index in [2.05, 4.69) is 10.6 Å². The quantitative estimate of drug-likeness (QED) is 0.811. The van der Waals surface area contributed by atoms with Gasteiger partial charge >= 0.3 is 6.03 Å². The predicted molar refractivity (Wildman–Crippen MR) is 79.8 cm³/mol. The molecule has 2 rings (SSSR count). The smallest absolute Gasteiger partial charge is 0.319 e. The van der Waals surface area contributed by atoms with Crippen molar-refractivity contribution >= 4 is 23.3 Å². The van der Waals surface area contributed by atoms with E-state index in [-0.39, 0.29) is 12.1 Å². The molecule has 0 unspecified atom stereocenters. The van der Waals surface area contributed by atoms with Crippen LogP contribution in [0.15, 0.2) is 48.5 Å². The minimum Gasteiger partial charge on any atom is -0.386 e. The highest BCUT2D eigenvalue weighted by atomic mass is 35.5. The molecule has 6 heteroatoms. The van der Waals surface area contributed by atoms with Gasteiger partial charge < -0.3 is 15.7 Å². The van der Waals surface area contributed by atoms with E-state index in [9.17, 15) is 14.3 Å². The van der Waals surface area contributed by atoms with Crippen LogP contribution in [-0.4, -0.2) is 17.7 Å². The fourth-order valence-corrected chi connectivity index (χ4v) is 1.98. The minimum absolute atomic E-state index is 0.104. The number of hydrogen-bond acceptors (Lipinski definition) is 2. The first-order valence-corrected chi connectivity index (χ1v) is 6.67. The van der Waals surface area contributed by atoms with E-state index < -0.39 is 18.0 Å². The van der Waals surface area contributed by atoms with Crippen molar-refractivity contribution in [1.29, 1.82) is 0 Å². The molecule has 0 fully saturated rings. The maximum Gasteiger partial charge on any atom is 0.319 e. The number of urea groups is 1. The maximum atomic E-state index is 13.5. The molecule has 0 bridgehead atoms. The molecule has 4 nitrogen and oxygen atoms in total. The Labute approximate surface area is 126 Å². The van der Waals surface area contributed by atoms with E-state index in [1.165, 1.54) is 18.2 Å². The summed E-state index contributed by atoms with van der Waals surface area (Å²) in [5.74, 6) is -0.512. The molecule has 0 aliphatic carbocycles. The zero-order valence-corrected chi connectivity index (χ0v) is 11.8. The first-order chi connectivity index (χ1) is 10.1. The molecule has 2 amide bonds. The number of hydrogen-bond donors (Lipinski definition) is 3. The Morgan fingerprint density at radius 2 is 2.00 bits per heavy atom. The Kier molecular flexibility index (Phi) is 5.14. The van der Waals surface area contributed by atoms with Gasteiger partial charge in [0.05, 0.1) is 6.10 Å². The summed E-state index contributed by atoms with van der Waals surface area (Å²) in [4.78, 5) is 11.7. The van der Waals surface area contributed by atoms with Crippen LogP contribution in [0.3, 0.4) is 0 Å². The van der Waals surface area contributed by atoms with Crippen LogP contribution in [-0.2, 0) is 0 Å². The molecule has 2 aromatic rings. The summed E-state index contributed by atoms with van der Waals surface area (Å²) in [6.45, 7) is -0.104. The Balaban J connectivity index is 1.88. The van der Waals surface area contributed by atoms with Crippen molar-refractivity contribution in [3.63, 3.8) is 0 Å². The van der Waals surface area contributed by atoms with Gasteiger partial charge in [0.1, 0.15) is 5.82 Å². The molecule has 110 valence electrons. The fraction of sp³-hybridized carbons (Fsp3) is 0.133. The van der Waals surface area contributed by atoms with Crippen LogP contribution in [0.4, 0.5) is 14.9 Å². The molecule has 1 atom stereocenters. The molecule has 0 aliphatic rings. The highest BCUT2D eigenvalue weighted by Crippen LogP contribution is 2.16. The first kappa shape index (κ1) is 15.3. The summed E-state index contributed by atoms with van der Waals surface area (Å²) >= 11 is 5.80. The van der Waals surface area contributed by atoms with E-state index >= 15 is 0 Å². The minimum atomic E-state index is -1.11. The Morgan fingerprint density at radius 3 is 2.71 bits per heavy atom. The number of anilines is 1. The van der Waals surface area contributed by atoms with Gasteiger partial charge in [-0.1, -0.05) is 35.9 Å². The summed E-state index contributed by atoms with van der Waals surface area (Å²) in [7, 11) is 0. The molecule has 2 aromatic carbocycles. The van der Waals surface area contributed by atoms with E-state index in [4.69, 9.17) is 11.6 Å². The molecule has 21 heavy (non-hydrogen) atoms. The molecular weight excluding hydrogens is 295 g/mol. The molecular formula is C15H14ClFN2O2. The predicted octanol–water partition coefficient (Wildman–Crippen LogP) is 3.33. The van der Waals surface area contributed by atoms with Gasteiger partial charge in [-0.15, -0.1) is 0 Å². The zero-order valence-electron chi connectivity index (χ0n) is 11.0. The molecule has 0 aliphatic heterocycles. The second-order valence-corrected chi connectivity index (χ2v) is 4.82. The summed E-state index contributed by atoms with van der Waals surface area (Å²) in [6, 6.07) is 12.0. The highest BCUT2D eigenvalue weighted by molar-refractivity contribution is 6.30. The number of aliphatic hydroxyl groups is 1. The summed E-state index contributed by atoms with van der Waals surface area (Å²) < 4.78 is 13.5. The summed E-state index contributed by atoms with van der Waals surface area (Å²) in [5.41, 5.74) is 0.668. The Morgan fingerprint density at radius 1 is 1.24 bits per heavy atom. The first-order valence-electron chi connectivity index (χ1n) is 6.29. The summed E-state index contributed by atoms with van der Waals surface area (Å²) in [6.07, 6.45) is -1.11. The maximum absolute atomic E-state index is 13.5. The molecule has 0 heterocycles. The third-order valence-corrected chi connectivity index (χ3v) is 3.04. The number of carbonyl (C=O) groups excluding carboxylic acids is 1. The third-order valence-electron chi connectivity index (χ3n) is 2.80. The number of benzene rings is 2. The van der Waals surface area contributed by atoms with Gasteiger partial charge in [-0.3, -0.25) is 0 Å². The normalized spacial score (nSPS) is 11.8. The van der Waals surface area contributed by atoms with Crippen molar-refractivity contribution in [3.8, 4) is 0 Å². The average molecular weight is 309 g/mol. The number of halogens is 2. The number of amides is 2.